The van der Waals surface area contributed by atoms with E-state index in [0.29, 0.717) is 23.0 Å². The van der Waals surface area contributed by atoms with E-state index < -0.39 is 12.2 Å². The molecule has 0 radical (unpaired) electrons. The van der Waals surface area contributed by atoms with Gasteiger partial charge in [-0.05, 0) is 78.2 Å². The Kier molecular flexibility index (Phi) is 10.2. The Morgan fingerprint density at radius 1 is 1.04 bits per heavy atom. The summed E-state index contributed by atoms with van der Waals surface area (Å²) >= 11 is 1.59. The minimum Gasteiger partial charge on any atom is -0.506 e. The van der Waals surface area contributed by atoms with Crippen molar-refractivity contribution in [1.29, 1.82) is 0 Å². The van der Waals surface area contributed by atoms with Crippen molar-refractivity contribution in [2.75, 3.05) is 31.5 Å². The summed E-state index contributed by atoms with van der Waals surface area (Å²) in [6, 6.07) is 24.1. The first-order valence-electron chi connectivity index (χ1n) is 16.8. The van der Waals surface area contributed by atoms with Crippen molar-refractivity contribution in [3.63, 3.8) is 0 Å². The highest BCUT2D eigenvalue weighted by molar-refractivity contribution is 7.14. The Morgan fingerprint density at radius 2 is 1.88 bits per heavy atom. The molecule has 1 fully saturated rings. The number of thiophene rings is 1. The number of aromatic amines is 1. The van der Waals surface area contributed by atoms with E-state index in [9.17, 15) is 19.8 Å². The smallest absolute Gasteiger partial charge is 0.411 e. The zero-order valence-electron chi connectivity index (χ0n) is 27.4. The molecule has 0 saturated carbocycles. The predicted molar refractivity (Wildman–Crippen MR) is 194 cm³/mol. The number of aliphatic hydroxyl groups is 1. The first kappa shape index (κ1) is 33.4. The number of aromatic nitrogens is 4. The minimum absolute atomic E-state index is 0.0379. The molecule has 6 aromatic rings. The molecule has 5 N–H and O–H groups in total. The van der Waals surface area contributed by atoms with Crippen molar-refractivity contribution in [1.82, 2.24) is 30.2 Å². The summed E-state index contributed by atoms with van der Waals surface area (Å²) in [5.74, 6) is -0.0379. The normalized spacial score (nSPS) is 14.7. The topological polar surface area (TPSA) is 158 Å². The number of fused-ring (bicyclic) bond motifs is 2. The second-order valence-corrected chi connectivity index (χ2v) is 13.4. The molecule has 7 rings (SSSR count). The molecule has 0 bridgehead atoms. The van der Waals surface area contributed by atoms with Crippen LogP contribution in [0.25, 0.3) is 32.4 Å². The Balaban J connectivity index is 0.838. The van der Waals surface area contributed by atoms with Gasteiger partial charge in [0.1, 0.15) is 17.4 Å². The van der Waals surface area contributed by atoms with Crippen LogP contribution in [0.3, 0.4) is 0 Å². The number of aromatic hydroxyl groups is 1. The standard InChI is InChI=1S/C37H39N7O5S/c45-32-11-8-27(28-9-12-34(47)40-35(28)32)33(46)23-38-22-24-7-10-31-30(21-24)41-42-44(31)17-4-16-43-18-13-26(14-19-43)49-37(48)39-29-15-20-50-36(29)25-5-2-1-3-6-25/h1-3,5-12,15,20-21,26,33,38,45-46H,4,13-14,16-19,22-23H2,(H,39,48)(H,40,47). The number of carbonyl (C=O) groups is 1. The van der Waals surface area contributed by atoms with Crippen molar-refractivity contribution in [2.45, 2.75) is 44.6 Å². The number of aryl methyl sites for hydroxylation is 1. The molecule has 258 valence electrons. The molecule has 1 saturated heterocycles. The number of nitrogens with one attached hydrogen (secondary N) is 3. The lowest BCUT2D eigenvalue weighted by molar-refractivity contribution is 0.0583. The molecular weight excluding hydrogens is 655 g/mol. The number of benzene rings is 3. The molecule has 50 heavy (non-hydrogen) atoms. The molecule has 4 heterocycles. The molecule has 12 nitrogen and oxygen atoms in total. The third-order valence-electron chi connectivity index (χ3n) is 9.10. The number of anilines is 1. The molecule has 13 heteroatoms. The van der Waals surface area contributed by atoms with Gasteiger partial charge in [-0.3, -0.25) is 10.1 Å². The van der Waals surface area contributed by atoms with Gasteiger partial charge in [0, 0.05) is 44.2 Å². The van der Waals surface area contributed by atoms with E-state index in [2.05, 4.69) is 30.8 Å². The number of phenols is 1. The summed E-state index contributed by atoms with van der Waals surface area (Å²) in [5.41, 5.74) is 5.25. The number of pyridine rings is 1. The number of H-pyrrole nitrogens is 1. The first-order chi connectivity index (χ1) is 24.4. The molecule has 3 aromatic heterocycles. The van der Waals surface area contributed by atoms with Crippen molar-refractivity contribution in [2.24, 2.45) is 0 Å². The number of aliphatic hydroxyl groups excluding tert-OH is 1. The van der Waals surface area contributed by atoms with E-state index >= 15 is 0 Å². The lowest BCUT2D eigenvalue weighted by Gasteiger charge is -2.31. The fraction of sp³-hybridized carbons (Fsp3) is 0.297. The number of hydrogen-bond donors (Lipinski definition) is 5. The van der Waals surface area contributed by atoms with Crippen LogP contribution in [0, 0.1) is 0 Å². The predicted octanol–water partition coefficient (Wildman–Crippen LogP) is 5.63. The van der Waals surface area contributed by atoms with Crippen molar-refractivity contribution in [3.8, 4) is 16.2 Å². The Bertz CT molecular complexity index is 2140. The van der Waals surface area contributed by atoms with Crippen LogP contribution >= 0.6 is 11.3 Å². The van der Waals surface area contributed by atoms with Crippen LogP contribution in [0.15, 0.2) is 89.0 Å². The molecule has 0 aliphatic carbocycles. The second-order valence-electron chi connectivity index (χ2n) is 12.5. The van der Waals surface area contributed by atoms with E-state index in [1.54, 1.807) is 23.5 Å². The SMILES string of the molecule is O=C(Nc1ccsc1-c1ccccc1)OC1CCN(CCCn2nnc3cc(CNCC(O)c4ccc(O)c5[nH]c(=O)ccc45)ccc32)CC1. The van der Waals surface area contributed by atoms with Gasteiger partial charge in [0.2, 0.25) is 5.56 Å². The molecular formula is C37H39N7O5S. The maximum atomic E-state index is 12.7. The monoisotopic (exact) mass is 693 g/mol. The van der Waals surface area contributed by atoms with Gasteiger partial charge in [0.15, 0.2) is 0 Å². The molecule has 1 unspecified atom stereocenters. The largest absolute Gasteiger partial charge is 0.506 e. The highest BCUT2D eigenvalue weighted by atomic mass is 32.1. The number of hydrogen-bond acceptors (Lipinski definition) is 10. The number of likely N-dealkylation sites (tertiary alicyclic amines) is 1. The minimum atomic E-state index is -0.837. The van der Waals surface area contributed by atoms with Gasteiger partial charge in [-0.25, -0.2) is 9.48 Å². The van der Waals surface area contributed by atoms with Gasteiger partial charge in [-0.15, -0.1) is 16.4 Å². The van der Waals surface area contributed by atoms with Gasteiger partial charge in [0.05, 0.1) is 27.7 Å². The summed E-state index contributed by atoms with van der Waals surface area (Å²) in [5, 5.41) is 38.5. The van der Waals surface area contributed by atoms with E-state index in [4.69, 9.17) is 4.74 Å². The van der Waals surface area contributed by atoms with Crippen LogP contribution in [0.4, 0.5) is 10.5 Å². The lowest BCUT2D eigenvalue weighted by Crippen LogP contribution is -2.39. The summed E-state index contributed by atoms with van der Waals surface area (Å²) in [6.45, 7) is 4.22. The van der Waals surface area contributed by atoms with Crippen molar-refractivity contribution < 1.29 is 19.7 Å². The fourth-order valence-corrected chi connectivity index (χ4v) is 7.37. The maximum Gasteiger partial charge on any atom is 0.411 e. The van der Waals surface area contributed by atoms with Crippen LogP contribution in [-0.4, -0.2) is 73.5 Å². The summed E-state index contributed by atoms with van der Waals surface area (Å²) in [7, 11) is 0. The van der Waals surface area contributed by atoms with Crippen molar-refractivity contribution in [3.05, 3.63) is 106 Å². The Hall–Kier alpha value is -5.08. The van der Waals surface area contributed by atoms with Crippen LogP contribution in [0.2, 0.25) is 0 Å². The number of nitrogens with zero attached hydrogens (tertiary/aromatic N) is 4. The number of piperidine rings is 1. The Labute approximate surface area is 292 Å². The molecule has 1 aliphatic rings. The lowest BCUT2D eigenvalue weighted by atomic mass is 10.0. The zero-order chi connectivity index (χ0) is 34.5. The van der Waals surface area contributed by atoms with Gasteiger partial charge in [-0.1, -0.05) is 47.7 Å². The maximum absolute atomic E-state index is 12.7. The van der Waals surface area contributed by atoms with Gasteiger partial charge < -0.3 is 30.2 Å². The second kappa shape index (κ2) is 15.2. The summed E-state index contributed by atoms with van der Waals surface area (Å²) < 4.78 is 7.71. The quantitative estimate of drug-likeness (QED) is 0.110. The highest BCUT2D eigenvalue weighted by Gasteiger charge is 2.23. The number of carbonyl (C=O) groups excluding carboxylic acids is 1. The fourth-order valence-electron chi connectivity index (χ4n) is 6.51. The molecule has 1 atom stereocenters. The zero-order valence-corrected chi connectivity index (χ0v) is 28.2. The van der Waals surface area contributed by atoms with Gasteiger partial charge >= 0.3 is 6.09 Å². The van der Waals surface area contributed by atoms with Crippen LogP contribution in [0.1, 0.15) is 36.5 Å². The number of phenolic OH excluding ortho intramolecular Hbond substituents is 1. The summed E-state index contributed by atoms with van der Waals surface area (Å²) in [6.07, 6.45) is 1.18. The number of amides is 1. The Morgan fingerprint density at radius 3 is 2.72 bits per heavy atom. The number of ether oxygens (including phenoxy) is 1. The van der Waals surface area contributed by atoms with Gasteiger partial charge in [-0.2, -0.15) is 0 Å². The van der Waals surface area contributed by atoms with E-state index in [-0.39, 0.29) is 24.0 Å². The van der Waals surface area contributed by atoms with Crippen LogP contribution in [0.5, 0.6) is 5.75 Å². The third-order valence-corrected chi connectivity index (χ3v) is 10.1. The molecule has 1 aliphatic heterocycles. The van der Waals surface area contributed by atoms with Crippen LogP contribution in [-0.2, 0) is 17.8 Å². The molecule has 0 spiro atoms. The molecule has 1 amide bonds. The number of rotatable bonds is 12. The van der Waals surface area contributed by atoms with Crippen LogP contribution < -0.4 is 16.2 Å². The van der Waals surface area contributed by atoms with E-state index in [1.807, 2.05) is 64.7 Å². The average Bonchev–Trinajstić information content (AvgIpc) is 3.76. The third kappa shape index (κ3) is 7.71. The van der Waals surface area contributed by atoms with Crippen molar-refractivity contribution >= 4 is 45.1 Å². The van der Waals surface area contributed by atoms with E-state index in [0.717, 1.165) is 78.2 Å². The van der Waals surface area contributed by atoms with E-state index in [1.165, 1.54) is 12.1 Å². The molecule has 3 aromatic carbocycles. The highest BCUT2D eigenvalue weighted by Crippen LogP contribution is 2.34. The average molecular weight is 694 g/mol. The summed E-state index contributed by atoms with van der Waals surface area (Å²) in [4.78, 5) is 30.4. The first-order valence-corrected chi connectivity index (χ1v) is 17.7. The van der Waals surface area contributed by atoms with Gasteiger partial charge in [0.25, 0.3) is 0 Å².